The number of halogens is 2. The van der Waals surface area contributed by atoms with Crippen molar-refractivity contribution in [1.82, 2.24) is 10.2 Å². The van der Waals surface area contributed by atoms with Crippen LogP contribution in [0.5, 0.6) is 0 Å². The van der Waals surface area contributed by atoms with Crippen LogP contribution < -0.4 is 5.32 Å². The van der Waals surface area contributed by atoms with Gasteiger partial charge in [0.2, 0.25) is 5.91 Å². The number of rotatable bonds is 4. The topological polar surface area (TPSA) is 32.3 Å². The average molecular weight is 266 g/mol. The lowest BCUT2D eigenvalue weighted by Crippen LogP contribution is -2.39. The van der Waals surface area contributed by atoms with Crippen molar-refractivity contribution < 1.29 is 13.6 Å². The summed E-state index contributed by atoms with van der Waals surface area (Å²) in [5.41, 5.74) is 0.363. The molecule has 0 bridgehead atoms. The van der Waals surface area contributed by atoms with Crippen molar-refractivity contribution in [2.24, 2.45) is 0 Å². The molecule has 5 heteroatoms. The van der Waals surface area contributed by atoms with Crippen molar-refractivity contribution >= 4 is 5.91 Å². The summed E-state index contributed by atoms with van der Waals surface area (Å²) in [6.07, 6.45) is 3.03. The number of carbonyl (C=O) groups is 1. The fourth-order valence-corrected chi connectivity index (χ4v) is 2.44. The average Bonchev–Trinajstić information content (AvgIpc) is 3.12. The highest BCUT2D eigenvalue weighted by atomic mass is 19.1. The molecule has 1 aliphatic heterocycles. The Balaban J connectivity index is 1.65. The van der Waals surface area contributed by atoms with E-state index < -0.39 is 11.6 Å². The highest BCUT2D eigenvalue weighted by Crippen LogP contribution is 2.23. The Hall–Kier alpha value is -1.49. The number of nitrogens with one attached hydrogen (secondary N) is 1. The van der Waals surface area contributed by atoms with Crippen molar-refractivity contribution in [3.05, 3.63) is 35.4 Å². The molecule has 1 unspecified atom stereocenters. The highest BCUT2D eigenvalue weighted by Gasteiger charge is 2.35. The molecule has 1 aromatic carbocycles. The molecule has 1 aromatic rings. The second kappa shape index (κ2) is 4.89. The molecule has 0 radical (unpaired) electrons. The summed E-state index contributed by atoms with van der Waals surface area (Å²) in [4.78, 5) is 13.8. The number of hydrogen-bond acceptors (Lipinski definition) is 2. The van der Waals surface area contributed by atoms with Crippen LogP contribution in [0.4, 0.5) is 8.78 Å². The van der Waals surface area contributed by atoms with Gasteiger partial charge in [-0.25, -0.2) is 8.78 Å². The minimum Gasteiger partial charge on any atom is -0.337 e. The standard InChI is InChI=1S/C14H16F2N2O/c15-10-2-1-9(12(16)7-10)8-18-6-5-13(14(18)19)17-11-3-4-11/h1-2,7,11,13,17H,3-6,8H2. The lowest BCUT2D eigenvalue weighted by molar-refractivity contribution is -0.130. The van der Waals surface area contributed by atoms with Crippen LogP contribution in [0.25, 0.3) is 0 Å². The molecule has 2 aliphatic rings. The fraction of sp³-hybridized carbons (Fsp3) is 0.500. The second-order valence-electron chi connectivity index (χ2n) is 5.28. The van der Waals surface area contributed by atoms with E-state index in [9.17, 15) is 13.6 Å². The second-order valence-corrected chi connectivity index (χ2v) is 5.28. The molecular weight excluding hydrogens is 250 g/mol. The predicted molar refractivity (Wildman–Crippen MR) is 66.3 cm³/mol. The van der Waals surface area contributed by atoms with E-state index in [1.165, 1.54) is 12.1 Å². The van der Waals surface area contributed by atoms with Crippen LogP contribution in [0.3, 0.4) is 0 Å². The zero-order valence-electron chi connectivity index (χ0n) is 10.5. The van der Waals surface area contributed by atoms with E-state index >= 15 is 0 Å². The van der Waals surface area contributed by atoms with Gasteiger partial charge >= 0.3 is 0 Å². The third-order valence-electron chi connectivity index (χ3n) is 3.69. The molecule has 1 saturated carbocycles. The number of likely N-dealkylation sites (tertiary alicyclic amines) is 1. The molecule has 1 saturated heterocycles. The fourth-order valence-electron chi connectivity index (χ4n) is 2.44. The van der Waals surface area contributed by atoms with Gasteiger partial charge in [0, 0.05) is 30.8 Å². The van der Waals surface area contributed by atoms with Gasteiger partial charge in [-0.15, -0.1) is 0 Å². The molecule has 0 aromatic heterocycles. The van der Waals surface area contributed by atoms with Gasteiger partial charge in [0.1, 0.15) is 11.6 Å². The number of nitrogens with zero attached hydrogens (tertiary/aromatic N) is 1. The normalized spacial score (nSPS) is 23.2. The molecule has 1 heterocycles. The Morgan fingerprint density at radius 2 is 2.05 bits per heavy atom. The molecule has 1 N–H and O–H groups in total. The third-order valence-corrected chi connectivity index (χ3v) is 3.69. The molecule has 102 valence electrons. The predicted octanol–water partition coefficient (Wildman–Crippen LogP) is 1.82. The minimum absolute atomic E-state index is 0.0237. The summed E-state index contributed by atoms with van der Waals surface area (Å²) in [5, 5.41) is 3.30. The van der Waals surface area contributed by atoms with Crippen LogP contribution >= 0.6 is 0 Å². The van der Waals surface area contributed by atoms with Gasteiger partial charge in [0.25, 0.3) is 0 Å². The lowest BCUT2D eigenvalue weighted by atomic mass is 10.2. The summed E-state index contributed by atoms with van der Waals surface area (Å²) in [7, 11) is 0. The lowest BCUT2D eigenvalue weighted by Gasteiger charge is -2.17. The number of benzene rings is 1. The van der Waals surface area contributed by atoms with E-state index in [-0.39, 0.29) is 18.5 Å². The summed E-state index contributed by atoms with van der Waals surface area (Å²) >= 11 is 0. The molecule has 1 aliphatic carbocycles. The Labute approximate surface area is 110 Å². The first-order chi connectivity index (χ1) is 9.13. The monoisotopic (exact) mass is 266 g/mol. The summed E-state index contributed by atoms with van der Waals surface area (Å²) < 4.78 is 26.4. The van der Waals surface area contributed by atoms with E-state index in [2.05, 4.69) is 5.32 Å². The maximum absolute atomic E-state index is 13.6. The Morgan fingerprint density at radius 1 is 1.26 bits per heavy atom. The van der Waals surface area contributed by atoms with E-state index in [1.807, 2.05) is 0 Å². The van der Waals surface area contributed by atoms with Gasteiger partial charge in [-0.3, -0.25) is 4.79 Å². The first-order valence-electron chi connectivity index (χ1n) is 6.62. The first-order valence-corrected chi connectivity index (χ1v) is 6.62. The highest BCUT2D eigenvalue weighted by molar-refractivity contribution is 5.84. The van der Waals surface area contributed by atoms with Crippen molar-refractivity contribution in [2.45, 2.75) is 37.9 Å². The first kappa shape index (κ1) is 12.5. The summed E-state index contributed by atoms with van der Waals surface area (Å²) in [6.45, 7) is 0.841. The molecule has 0 spiro atoms. The maximum Gasteiger partial charge on any atom is 0.240 e. The zero-order chi connectivity index (χ0) is 13.4. The van der Waals surface area contributed by atoms with Gasteiger partial charge < -0.3 is 10.2 Å². The van der Waals surface area contributed by atoms with Crippen LogP contribution in [0.15, 0.2) is 18.2 Å². The molecule has 3 nitrogen and oxygen atoms in total. The number of hydrogen-bond donors (Lipinski definition) is 1. The quantitative estimate of drug-likeness (QED) is 0.901. The summed E-state index contributed by atoms with van der Waals surface area (Å²) in [6, 6.07) is 3.83. The van der Waals surface area contributed by atoms with Crippen molar-refractivity contribution in [2.75, 3.05) is 6.54 Å². The van der Waals surface area contributed by atoms with Crippen LogP contribution in [-0.4, -0.2) is 29.4 Å². The van der Waals surface area contributed by atoms with Gasteiger partial charge in [-0.05, 0) is 25.3 Å². The van der Waals surface area contributed by atoms with Crippen molar-refractivity contribution in [3.63, 3.8) is 0 Å². The van der Waals surface area contributed by atoms with Crippen molar-refractivity contribution in [1.29, 1.82) is 0 Å². The number of carbonyl (C=O) groups excluding carboxylic acids is 1. The van der Waals surface area contributed by atoms with E-state index in [1.54, 1.807) is 4.90 Å². The van der Waals surface area contributed by atoms with Gasteiger partial charge in [0.15, 0.2) is 0 Å². The molecule has 3 rings (SSSR count). The maximum atomic E-state index is 13.6. The van der Waals surface area contributed by atoms with E-state index in [0.717, 1.165) is 25.3 Å². The van der Waals surface area contributed by atoms with Crippen LogP contribution in [0.1, 0.15) is 24.8 Å². The van der Waals surface area contributed by atoms with Crippen LogP contribution in [0, 0.1) is 11.6 Å². The Kier molecular flexibility index (Phi) is 3.22. The SMILES string of the molecule is O=C1C(NC2CC2)CCN1Cc1ccc(F)cc1F. The Morgan fingerprint density at radius 3 is 2.74 bits per heavy atom. The molecule has 2 fully saturated rings. The van der Waals surface area contributed by atoms with Crippen LogP contribution in [0.2, 0.25) is 0 Å². The van der Waals surface area contributed by atoms with Gasteiger partial charge in [-0.1, -0.05) is 6.07 Å². The van der Waals surface area contributed by atoms with Crippen LogP contribution in [-0.2, 0) is 11.3 Å². The van der Waals surface area contributed by atoms with E-state index in [0.29, 0.717) is 18.2 Å². The zero-order valence-corrected chi connectivity index (χ0v) is 10.5. The van der Waals surface area contributed by atoms with Crippen molar-refractivity contribution in [3.8, 4) is 0 Å². The van der Waals surface area contributed by atoms with E-state index in [4.69, 9.17) is 0 Å². The van der Waals surface area contributed by atoms with Gasteiger partial charge in [0.05, 0.1) is 6.04 Å². The molecule has 19 heavy (non-hydrogen) atoms. The Bertz CT molecular complexity index is 502. The third kappa shape index (κ3) is 2.76. The molecular formula is C14H16F2N2O. The molecule has 1 amide bonds. The minimum atomic E-state index is -0.595. The number of amides is 1. The smallest absolute Gasteiger partial charge is 0.240 e. The van der Waals surface area contributed by atoms with Gasteiger partial charge in [-0.2, -0.15) is 0 Å². The summed E-state index contributed by atoms with van der Waals surface area (Å²) in [5.74, 6) is -1.16. The largest absolute Gasteiger partial charge is 0.337 e. The molecule has 1 atom stereocenters.